The van der Waals surface area contributed by atoms with Crippen molar-refractivity contribution in [3.63, 3.8) is 0 Å². The number of rotatable bonds is 2. The highest BCUT2D eigenvalue weighted by atomic mass is 32.1. The molecule has 1 aromatic heterocycles. The molecule has 0 bridgehead atoms. The van der Waals surface area contributed by atoms with E-state index in [9.17, 15) is 4.79 Å². The molecule has 2 rings (SSSR count). The van der Waals surface area contributed by atoms with Gasteiger partial charge in [-0.2, -0.15) is 0 Å². The predicted octanol–water partition coefficient (Wildman–Crippen LogP) is 2.62. The standard InChI is InChI=1S/C13H18N2O2S/c1-3-10-4-5-12(18-10)13(16)15-7-6-11(14-17)9(2)8-15/h4-5,9,17H,3,6-8H2,1-2H3/b14-11-. The van der Waals surface area contributed by atoms with E-state index < -0.39 is 0 Å². The van der Waals surface area contributed by atoms with E-state index in [4.69, 9.17) is 5.21 Å². The zero-order valence-electron chi connectivity index (χ0n) is 10.7. The number of piperidine rings is 1. The van der Waals surface area contributed by atoms with Gasteiger partial charge in [-0.25, -0.2) is 0 Å². The molecule has 0 spiro atoms. The van der Waals surface area contributed by atoms with Crippen molar-refractivity contribution in [1.82, 2.24) is 4.90 Å². The molecular weight excluding hydrogens is 248 g/mol. The molecule has 1 N–H and O–H groups in total. The van der Waals surface area contributed by atoms with Gasteiger partial charge in [0.1, 0.15) is 0 Å². The monoisotopic (exact) mass is 266 g/mol. The van der Waals surface area contributed by atoms with Crippen LogP contribution >= 0.6 is 11.3 Å². The molecule has 0 aromatic carbocycles. The van der Waals surface area contributed by atoms with Crippen LogP contribution in [0.3, 0.4) is 0 Å². The number of carbonyl (C=O) groups excluding carboxylic acids is 1. The molecule has 2 heterocycles. The fourth-order valence-corrected chi connectivity index (χ4v) is 3.11. The lowest BCUT2D eigenvalue weighted by atomic mass is 9.97. The summed E-state index contributed by atoms with van der Waals surface area (Å²) in [6, 6.07) is 3.93. The molecule has 1 fully saturated rings. The largest absolute Gasteiger partial charge is 0.411 e. The number of likely N-dealkylation sites (tertiary alicyclic amines) is 1. The summed E-state index contributed by atoms with van der Waals surface area (Å²) >= 11 is 1.57. The highest BCUT2D eigenvalue weighted by Gasteiger charge is 2.27. The summed E-state index contributed by atoms with van der Waals surface area (Å²) in [6.45, 7) is 5.35. The maximum absolute atomic E-state index is 12.3. The predicted molar refractivity (Wildman–Crippen MR) is 72.6 cm³/mol. The lowest BCUT2D eigenvalue weighted by Gasteiger charge is -2.31. The van der Waals surface area contributed by atoms with E-state index in [1.165, 1.54) is 4.88 Å². The van der Waals surface area contributed by atoms with Crippen LogP contribution in [0.15, 0.2) is 17.3 Å². The van der Waals surface area contributed by atoms with Gasteiger partial charge in [0.05, 0.1) is 10.6 Å². The van der Waals surface area contributed by atoms with Crippen LogP contribution in [0.2, 0.25) is 0 Å². The van der Waals surface area contributed by atoms with Gasteiger partial charge in [0.25, 0.3) is 5.91 Å². The number of amides is 1. The molecule has 1 aliphatic heterocycles. The van der Waals surface area contributed by atoms with Gasteiger partial charge in [-0.3, -0.25) is 4.79 Å². The number of hydrogen-bond acceptors (Lipinski definition) is 4. The molecule has 5 heteroatoms. The Hall–Kier alpha value is -1.36. The number of thiophene rings is 1. The van der Waals surface area contributed by atoms with Crippen LogP contribution < -0.4 is 0 Å². The van der Waals surface area contributed by atoms with E-state index >= 15 is 0 Å². The van der Waals surface area contributed by atoms with Crippen molar-refractivity contribution in [1.29, 1.82) is 0 Å². The van der Waals surface area contributed by atoms with Crippen molar-refractivity contribution >= 4 is 23.0 Å². The average Bonchev–Trinajstić information content (AvgIpc) is 2.86. The number of hydrogen-bond donors (Lipinski definition) is 1. The minimum atomic E-state index is 0.100. The minimum Gasteiger partial charge on any atom is -0.411 e. The third-order valence-corrected chi connectivity index (χ3v) is 4.56. The van der Waals surface area contributed by atoms with Crippen LogP contribution in [0.4, 0.5) is 0 Å². The number of oxime groups is 1. The smallest absolute Gasteiger partial charge is 0.263 e. The first-order valence-corrected chi connectivity index (χ1v) is 7.06. The normalized spacial score (nSPS) is 22.4. The first-order valence-electron chi connectivity index (χ1n) is 6.24. The summed E-state index contributed by atoms with van der Waals surface area (Å²) < 4.78 is 0. The Morgan fingerprint density at radius 3 is 2.94 bits per heavy atom. The van der Waals surface area contributed by atoms with E-state index in [1.807, 2.05) is 24.0 Å². The van der Waals surface area contributed by atoms with Crippen molar-refractivity contribution in [2.75, 3.05) is 13.1 Å². The summed E-state index contributed by atoms with van der Waals surface area (Å²) in [5.74, 6) is 0.238. The molecular formula is C13H18N2O2S. The quantitative estimate of drug-likeness (QED) is 0.661. The van der Waals surface area contributed by atoms with Gasteiger partial charge in [-0.1, -0.05) is 19.0 Å². The molecule has 1 amide bonds. The maximum Gasteiger partial charge on any atom is 0.263 e. The summed E-state index contributed by atoms with van der Waals surface area (Å²) in [4.78, 5) is 16.2. The zero-order chi connectivity index (χ0) is 13.1. The number of carbonyl (C=O) groups is 1. The summed E-state index contributed by atoms with van der Waals surface area (Å²) in [7, 11) is 0. The molecule has 1 saturated heterocycles. The highest BCUT2D eigenvalue weighted by Crippen LogP contribution is 2.22. The molecule has 1 atom stereocenters. The average molecular weight is 266 g/mol. The SMILES string of the molecule is CCc1ccc(C(=O)N2CC/C(=N/O)C(C)C2)s1. The Bertz CT molecular complexity index is 467. The van der Waals surface area contributed by atoms with E-state index in [0.29, 0.717) is 19.5 Å². The molecule has 0 aliphatic carbocycles. The molecule has 1 unspecified atom stereocenters. The van der Waals surface area contributed by atoms with Crippen LogP contribution in [0, 0.1) is 5.92 Å². The van der Waals surface area contributed by atoms with E-state index in [0.717, 1.165) is 17.0 Å². The molecule has 0 radical (unpaired) electrons. The van der Waals surface area contributed by atoms with Crippen molar-refractivity contribution in [2.45, 2.75) is 26.7 Å². The van der Waals surface area contributed by atoms with Crippen molar-refractivity contribution in [3.8, 4) is 0 Å². The van der Waals surface area contributed by atoms with Gasteiger partial charge in [0.15, 0.2) is 0 Å². The Balaban J connectivity index is 2.06. The topological polar surface area (TPSA) is 52.9 Å². The second kappa shape index (κ2) is 5.52. The van der Waals surface area contributed by atoms with Gasteiger partial charge in [-0.05, 0) is 18.6 Å². The fraction of sp³-hybridized carbons (Fsp3) is 0.538. The van der Waals surface area contributed by atoms with E-state index in [1.54, 1.807) is 11.3 Å². The summed E-state index contributed by atoms with van der Waals surface area (Å²) in [5, 5.41) is 12.1. The van der Waals surface area contributed by atoms with Crippen LogP contribution in [0.1, 0.15) is 34.8 Å². The Morgan fingerprint density at radius 1 is 1.61 bits per heavy atom. The van der Waals surface area contributed by atoms with Crippen LogP contribution in [-0.2, 0) is 6.42 Å². The van der Waals surface area contributed by atoms with Crippen LogP contribution in [0.5, 0.6) is 0 Å². The second-order valence-corrected chi connectivity index (χ2v) is 5.78. The highest BCUT2D eigenvalue weighted by molar-refractivity contribution is 7.14. The van der Waals surface area contributed by atoms with Gasteiger partial charge in [0.2, 0.25) is 0 Å². The van der Waals surface area contributed by atoms with Crippen molar-refractivity contribution in [3.05, 3.63) is 21.9 Å². The Kier molecular flexibility index (Phi) is 4.01. The number of aryl methyl sites for hydroxylation is 1. The molecule has 1 aromatic rings. The summed E-state index contributed by atoms with van der Waals surface area (Å²) in [5.41, 5.74) is 0.791. The van der Waals surface area contributed by atoms with Crippen molar-refractivity contribution < 1.29 is 10.0 Å². The third kappa shape index (κ3) is 2.56. The lowest BCUT2D eigenvalue weighted by molar-refractivity contribution is 0.0739. The van der Waals surface area contributed by atoms with Crippen LogP contribution in [-0.4, -0.2) is 34.8 Å². The number of nitrogens with zero attached hydrogens (tertiary/aromatic N) is 2. The molecule has 0 saturated carbocycles. The fourth-order valence-electron chi connectivity index (χ4n) is 2.19. The maximum atomic E-state index is 12.3. The zero-order valence-corrected chi connectivity index (χ0v) is 11.5. The van der Waals surface area contributed by atoms with Gasteiger partial charge < -0.3 is 10.1 Å². The Morgan fingerprint density at radius 2 is 2.39 bits per heavy atom. The first kappa shape index (κ1) is 13.1. The van der Waals surface area contributed by atoms with Gasteiger partial charge >= 0.3 is 0 Å². The van der Waals surface area contributed by atoms with E-state index in [2.05, 4.69) is 12.1 Å². The van der Waals surface area contributed by atoms with Crippen molar-refractivity contribution in [2.24, 2.45) is 11.1 Å². The molecule has 1 aliphatic rings. The van der Waals surface area contributed by atoms with E-state index in [-0.39, 0.29) is 11.8 Å². The third-order valence-electron chi connectivity index (χ3n) is 3.34. The molecule has 4 nitrogen and oxygen atoms in total. The molecule has 98 valence electrons. The molecule has 18 heavy (non-hydrogen) atoms. The minimum absolute atomic E-state index is 0.100. The van der Waals surface area contributed by atoms with Crippen LogP contribution in [0.25, 0.3) is 0 Å². The summed E-state index contributed by atoms with van der Waals surface area (Å²) in [6.07, 6.45) is 1.63. The van der Waals surface area contributed by atoms with Gasteiger partial charge in [-0.15, -0.1) is 11.3 Å². The lowest BCUT2D eigenvalue weighted by Crippen LogP contribution is -2.43. The Labute approximate surface area is 111 Å². The van der Waals surface area contributed by atoms with Gasteiger partial charge in [0, 0.05) is 30.3 Å². The second-order valence-electron chi connectivity index (χ2n) is 4.61. The first-order chi connectivity index (χ1) is 8.65.